The van der Waals surface area contributed by atoms with Crippen molar-refractivity contribution in [3.63, 3.8) is 0 Å². The molecule has 1 saturated heterocycles. The molecule has 1 fully saturated rings. The molecular weight excluding hydrogens is 559 g/mol. The van der Waals surface area contributed by atoms with Gasteiger partial charge in [0.05, 0.1) is 34.5 Å². The number of hydrogen-bond donors (Lipinski definition) is 2. The molecule has 5 rings (SSSR count). The first-order valence-corrected chi connectivity index (χ1v) is 13.1. The van der Waals surface area contributed by atoms with Crippen LogP contribution in [0.25, 0.3) is 10.9 Å². The predicted octanol–water partition coefficient (Wildman–Crippen LogP) is 5.95. The Morgan fingerprint density at radius 1 is 1.22 bits per heavy atom. The van der Waals surface area contributed by atoms with E-state index in [0.717, 1.165) is 40.9 Å². The highest BCUT2D eigenvalue weighted by molar-refractivity contribution is 9.10. The molecule has 8 nitrogen and oxygen atoms in total. The minimum Gasteiger partial charge on any atom is -0.379 e. The lowest BCUT2D eigenvalue weighted by molar-refractivity contribution is 0.200. The fraction of sp³-hybridized carbons (Fsp3) is 0.308. The molecule has 3 heterocycles. The number of nitrogens with one attached hydrogen (secondary N) is 2. The van der Waals surface area contributed by atoms with Crippen molar-refractivity contribution in [3.05, 3.63) is 69.3 Å². The normalized spacial score (nSPS) is 14.6. The van der Waals surface area contributed by atoms with Crippen molar-refractivity contribution in [1.29, 1.82) is 5.26 Å². The highest BCUT2D eigenvalue weighted by Crippen LogP contribution is 2.35. The molecule has 2 N–H and O–H groups in total. The summed E-state index contributed by atoms with van der Waals surface area (Å²) in [6, 6.07) is 10.4. The van der Waals surface area contributed by atoms with Crippen LogP contribution >= 0.6 is 27.5 Å². The number of fused-ring (bicyclic) bond motifs is 1. The van der Waals surface area contributed by atoms with Crippen molar-refractivity contribution >= 4 is 55.5 Å². The number of likely N-dealkylation sites (tertiary alicyclic amines) is 1. The van der Waals surface area contributed by atoms with Gasteiger partial charge in [-0.1, -0.05) is 16.8 Å². The summed E-state index contributed by atoms with van der Waals surface area (Å²) >= 11 is 9.56. The van der Waals surface area contributed by atoms with Gasteiger partial charge >= 0.3 is 0 Å². The number of halogens is 3. The van der Waals surface area contributed by atoms with E-state index in [-0.39, 0.29) is 5.02 Å². The van der Waals surface area contributed by atoms with E-state index in [9.17, 15) is 9.65 Å². The molecule has 190 valence electrons. The molecule has 0 atom stereocenters. The minimum absolute atomic E-state index is 0.00530. The number of nitriles is 1. The number of pyridine rings is 1. The molecule has 1 aliphatic heterocycles. The van der Waals surface area contributed by atoms with Crippen molar-refractivity contribution < 1.29 is 4.39 Å². The van der Waals surface area contributed by atoms with Crippen molar-refractivity contribution in [2.45, 2.75) is 25.9 Å². The second kappa shape index (κ2) is 11.0. The lowest BCUT2D eigenvalue weighted by Gasteiger charge is -2.28. The van der Waals surface area contributed by atoms with Gasteiger partial charge in [0.15, 0.2) is 0 Å². The van der Waals surface area contributed by atoms with Crippen LogP contribution < -0.4 is 10.6 Å². The van der Waals surface area contributed by atoms with E-state index in [1.54, 1.807) is 6.07 Å². The minimum atomic E-state index is -0.509. The molecule has 0 radical (unpaired) electrons. The summed E-state index contributed by atoms with van der Waals surface area (Å²) in [6.45, 7) is 3.62. The second-order valence-corrected chi connectivity index (χ2v) is 10.6. The summed E-state index contributed by atoms with van der Waals surface area (Å²) in [5, 5.41) is 25.7. The molecule has 0 unspecified atom stereocenters. The van der Waals surface area contributed by atoms with Gasteiger partial charge < -0.3 is 15.5 Å². The lowest BCUT2D eigenvalue weighted by atomic mass is 9.97. The number of rotatable bonds is 7. The topological polar surface area (TPSA) is 94.7 Å². The van der Waals surface area contributed by atoms with Gasteiger partial charge in [-0.25, -0.2) is 4.39 Å². The van der Waals surface area contributed by atoms with Gasteiger partial charge in [-0.2, -0.15) is 5.26 Å². The SMILES string of the molecule is CN1CCC(Cn2cc(CNc3cc(Br)c4ncc(C#N)c(Nc5ccc(F)c(Cl)c5)c4c3)nn2)CC1. The van der Waals surface area contributed by atoms with E-state index in [4.69, 9.17) is 11.6 Å². The first-order chi connectivity index (χ1) is 17.9. The Labute approximate surface area is 227 Å². The van der Waals surface area contributed by atoms with Gasteiger partial charge in [0, 0.05) is 34.0 Å². The Kier molecular flexibility index (Phi) is 7.55. The first-order valence-electron chi connectivity index (χ1n) is 12.0. The second-order valence-electron chi connectivity index (χ2n) is 9.30. The van der Waals surface area contributed by atoms with Crippen LogP contribution in [0.1, 0.15) is 24.1 Å². The van der Waals surface area contributed by atoms with Crippen LogP contribution in [-0.4, -0.2) is 45.0 Å². The summed E-state index contributed by atoms with van der Waals surface area (Å²) in [7, 11) is 2.16. The van der Waals surface area contributed by atoms with Crippen LogP contribution in [0.5, 0.6) is 0 Å². The Hall–Kier alpha value is -3.26. The fourth-order valence-electron chi connectivity index (χ4n) is 4.51. The monoisotopic (exact) mass is 582 g/mol. The number of benzene rings is 2. The van der Waals surface area contributed by atoms with Crippen molar-refractivity contribution in [2.75, 3.05) is 30.8 Å². The number of anilines is 3. The van der Waals surface area contributed by atoms with E-state index >= 15 is 0 Å². The maximum Gasteiger partial charge on any atom is 0.141 e. The lowest BCUT2D eigenvalue weighted by Crippen LogP contribution is -2.32. The molecule has 2 aromatic heterocycles. The summed E-state index contributed by atoms with van der Waals surface area (Å²) in [5.41, 5.74) is 3.82. The Balaban J connectivity index is 1.36. The number of piperidine rings is 1. The van der Waals surface area contributed by atoms with Gasteiger partial charge in [-0.3, -0.25) is 9.67 Å². The molecule has 4 aromatic rings. The van der Waals surface area contributed by atoms with Crippen molar-refractivity contribution in [3.8, 4) is 6.07 Å². The average Bonchev–Trinajstić information content (AvgIpc) is 3.34. The zero-order chi connectivity index (χ0) is 25.9. The van der Waals surface area contributed by atoms with Gasteiger partial charge in [-0.15, -0.1) is 5.10 Å². The van der Waals surface area contributed by atoms with Crippen LogP contribution in [0.4, 0.5) is 21.5 Å². The van der Waals surface area contributed by atoms with Crippen LogP contribution in [0.15, 0.2) is 47.2 Å². The largest absolute Gasteiger partial charge is 0.379 e. The van der Waals surface area contributed by atoms with Gasteiger partial charge in [-0.05, 0) is 85.2 Å². The predicted molar refractivity (Wildman–Crippen MR) is 146 cm³/mol. The summed E-state index contributed by atoms with van der Waals surface area (Å²) < 4.78 is 16.3. The molecular formula is C26H25BrClFN8. The average molecular weight is 584 g/mol. The van der Waals surface area contributed by atoms with E-state index in [1.165, 1.54) is 31.2 Å². The van der Waals surface area contributed by atoms with Crippen LogP contribution in [0.2, 0.25) is 5.02 Å². The highest BCUT2D eigenvalue weighted by atomic mass is 79.9. The van der Waals surface area contributed by atoms with E-state index in [0.29, 0.717) is 34.9 Å². The molecule has 1 aliphatic rings. The zero-order valence-corrected chi connectivity index (χ0v) is 22.5. The van der Waals surface area contributed by atoms with Gasteiger partial charge in [0.2, 0.25) is 0 Å². The Morgan fingerprint density at radius 3 is 2.78 bits per heavy atom. The molecule has 0 amide bonds. The van der Waals surface area contributed by atoms with Gasteiger partial charge in [0.1, 0.15) is 17.6 Å². The Bertz CT molecular complexity index is 1480. The van der Waals surface area contributed by atoms with Crippen molar-refractivity contribution in [2.24, 2.45) is 5.92 Å². The molecule has 37 heavy (non-hydrogen) atoms. The number of nitrogens with zero attached hydrogens (tertiary/aromatic N) is 6. The Morgan fingerprint density at radius 2 is 2.03 bits per heavy atom. The third-order valence-corrected chi connectivity index (χ3v) is 7.47. The first kappa shape index (κ1) is 25.4. The van der Waals surface area contributed by atoms with Crippen LogP contribution in [-0.2, 0) is 13.1 Å². The van der Waals surface area contributed by atoms with E-state index in [1.807, 2.05) is 23.0 Å². The third kappa shape index (κ3) is 5.85. The standard InChI is InChI=1S/C26H25BrClFN8/c1-36-6-4-16(5-7-36)14-37-15-20(34-35-37)13-31-19-8-21-25(33-18-2-3-24(29)23(28)10-18)17(11-30)12-32-26(21)22(27)9-19/h2-3,8-10,12,15-16,31H,4-7,13-14H2,1H3,(H,32,33). The molecule has 11 heteroatoms. The van der Waals surface area contributed by atoms with Gasteiger partial charge in [0.25, 0.3) is 0 Å². The van der Waals surface area contributed by atoms with Crippen LogP contribution in [0, 0.1) is 23.1 Å². The quantitative estimate of drug-likeness (QED) is 0.278. The van der Waals surface area contributed by atoms with E-state index < -0.39 is 5.82 Å². The highest BCUT2D eigenvalue weighted by Gasteiger charge is 2.18. The molecule has 0 saturated carbocycles. The summed E-state index contributed by atoms with van der Waals surface area (Å²) in [4.78, 5) is 6.82. The summed E-state index contributed by atoms with van der Waals surface area (Å²) in [6.07, 6.45) is 5.85. The molecule has 2 aromatic carbocycles. The summed E-state index contributed by atoms with van der Waals surface area (Å²) in [5.74, 6) is 0.115. The maximum absolute atomic E-state index is 13.7. The number of aromatic nitrogens is 4. The maximum atomic E-state index is 13.7. The number of hydrogen-bond acceptors (Lipinski definition) is 7. The smallest absolute Gasteiger partial charge is 0.141 e. The molecule has 0 bridgehead atoms. The van der Waals surface area contributed by atoms with Crippen molar-refractivity contribution in [1.82, 2.24) is 24.9 Å². The fourth-order valence-corrected chi connectivity index (χ4v) is 5.25. The third-order valence-electron chi connectivity index (χ3n) is 6.58. The van der Waals surface area contributed by atoms with Crippen LogP contribution in [0.3, 0.4) is 0 Å². The molecule has 0 spiro atoms. The zero-order valence-electron chi connectivity index (χ0n) is 20.2. The molecule has 0 aliphatic carbocycles. The van der Waals surface area contributed by atoms with E-state index in [2.05, 4.69) is 59.9 Å².